The van der Waals surface area contributed by atoms with Crippen molar-refractivity contribution >= 4 is 30.5 Å². The number of carbonyl (C=O) groups is 3. The molecule has 232 valence electrons. The molecule has 3 saturated heterocycles. The van der Waals surface area contributed by atoms with Gasteiger partial charge >= 0.3 is 17.9 Å². The summed E-state index contributed by atoms with van der Waals surface area (Å²) in [5.41, 5.74) is 0.914. The van der Waals surface area contributed by atoms with Crippen LogP contribution < -0.4 is 0 Å². The average Bonchev–Trinajstić information content (AvgIpc) is 3.26. The molecule has 1 unspecified atom stereocenters. The Bertz CT molecular complexity index is 1120. The summed E-state index contributed by atoms with van der Waals surface area (Å²) < 4.78 is 48.6. The zero-order valence-electron chi connectivity index (χ0n) is 24.4. The Labute approximate surface area is 251 Å². The van der Waals surface area contributed by atoms with Gasteiger partial charge in [0.25, 0.3) is 0 Å². The summed E-state index contributed by atoms with van der Waals surface area (Å²) in [6.45, 7) is 7.52. The number of esters is 3. The van der Waals surface area contributed by atoms with E-state index < -0.39 is 65.3 Å². The molecule has 0 spiro atoms. The zero-order chi connectivity index (χ0) is 30.5. The van der Waals surface area contributed by atoms with E-state index in [1.165, 1.54) is 27.9 Å². The second-order valence-electron chi connectivity index (χ2n) is 10.8. The lowest BCUT2D eigenvalue weighted by molar-refractivity contribution is -0.382. The third kappa shape index (κ3) is 7.53. The number of carbonyl (C=O) groups excluding carboxylic acids is 3. The predicted octanol–water partition coefficient (Wildman–Crippen LogP) is 3.28. The van der Waals surface area contributed by atoms with Gasteiger partial charge in [-0.25, -0.2) is 0 Å². The first kappa shape index (κ1) is 32.4. The fourth-order valence-electron chi connectivity index (χ4n) is 5.90. The molecule has 3 aliphatic heterocycles. The largest absolute Gasteiger partial charge is 0.461 e. The molecule has 42 heavy (non-hydrogen) atoms. The molecule has 3 aliphatic rings. The van der Waals surface area contributed by atoms with Crippen molar-refractivity contribution in [1.29, 1.82) is 0 Å². The third-order valence-corrected chi connectivity index (χ3v) is 8.01. The predicted molar refractivity (Wildman–Crippen MR) is 151 cm³/mol. The second kappa shape index (κ2) is 13.9. The molecule has 0 aromatic heterocycles. The lowest BCUT2D eigenvalue weighted by Gasteiger charge is -2.53. The minimum absolute atomic E-state index is 0.0316. The highest BCUT2D eigenvalue weighted by molar-refractivity contribution is 7.81. The van der Waals surface area contributed by atoms with Gasteiger partial charge in [0.15, 0.2) is 22.9 Å². The maximum atomic E-state index is 12.4. The van der Waals surface area contributed by atoms with Crippen LogP contribution in [0.15, 0.2) is 43.0 Å². The van der Waals surface area contributed by atoms with Gasteiger partial charge in [-0.3, -0.25) is 14.4 Å². The highest BCUT2D eigenvalue weighted by Crippen LogP contribution is 2.48. The molecule has 0 N–H and O–H groups in total. The van der Waals surface area contributed by atoms with Gasteiger partial charge in [-0.1, -0.05) is 36.4 Å². The fraction of sp³-hybridized carbons (Fsp3) is 0.633. The number of fused-ring (bicyclic) bond motifs is 2. The maximum Gasteiger partial charge on any atom is 0.304 e. The van der Waals surface area contributed by atoms with Gasteiger partial charge in [-0.15, -0.1) is 19.2 Å². The highest BCUT2D eigenvalue weighted by Gasteiger charge is 2.66. The number of benzene rings is 1. The topological polar surface area (TPSA) is 125 Å². The molecule has 0 amide bonds. The van der Waals surface area contributed by atoms with Crippen LogP contribution in [0.1, 0.15) is 52.0 Å². The van der Waals surface area contributed by atoms with Gasteiger partial charge in [-0.05, 0) is 18.4 Å². The first-order valence-corrected chi connectivity index (χ1v) is 14.5. The van der Waals surface area contributed by atoms with Crippen LogP contribution in [-0.4, -0.2) is 85.1 Å². The SMILES string of the molecule is C=CC[C@@H]1CCC2(OC)O[C@@H]3[C@@H](O[C@H](C[C@@](S)(COC(C)=O)OC(C)=O)[C@@H]3OCc3ccccc3)[C@H](OC(C)=O)[C@H]2O1. The number of hydrogen-bond donors (Lipinski definition) is 1. The molecule has 0 aliphatic carbocycles. The standard InChI is InChI=1S/C30H40O11S/c1-6-10-22-13-14-30(34-5)28(38-22)27(37-19(3)32)25-26(41-30)24(35-16-21-11-8-7-9-12-21)23(39-25)15-29(42,40-20(4)33)17-36-18(2)31/h6-9,11-12,22-28,42H,1,10,13-17H2,2-5H3/t22-,23-,24+,25-,26+,27+,28-,29-,30?/m1/s1. The molecule has 1 aromatic carbocycles. The van der Waals surface area contributed by atoms with Gasteiger partial charge in [-0.2, -0.15) is 0 Å². The van der Waals surface area contributed by atoms with Crippen LogP contribution in [0.2, 0.25) is 0 Å². The van der Waals surface area contributed by atoms with Crippen molar-refractivity contribution in [3.05, 3.63) is 48.6 Å². The van der Waals surface area contributed by atoms with E-state index in [1.54, 1.807) is 6.08 Å². The van der Waals surface area contributed by atoms with E-state index in [2.05, 4.69) is 19.2 Å². The van der Waals surface area contributed by atoms with Crippen molar-refractivity contribution in [1.82, 2.24) is 0 Å². The van der Waals surface area contributed by atoms with Crippen molar-refractivity contribution in [3.63, 3.8) is 0 Å². The monoisotopic (exact) mass is 608 g/mol. The molecule has 3 heterocycles. The van der Waals surface area contributed by atoms with Crippen LogP contribution in [0.5, 0.6) is 0 Å². The van der Waals surface area contributed by atoms with Gasteiger partial charge in [0.05, 0.1) is 18.8 Å². The molecule has 1 aromatic rings. The number of methoxy groups -OCH3 is 1. The first-order valence-electron chi connectivity index (χ1n) is 14.0. The van der Waals surface area contributed by atoms with Crippen LogP contribution in [-0.2, 0) is 58.9 Å². The molecular weight excluding hydrogens is 568 g/mol. The van der Waals surface area contributed by atoms with Gasteiger partial charge in [0.2, 0.25) is 0 Å². The summed E-state index contributed by atoms with van der Waals surface area (Å²) >= 11 is 4.61. The van der Waals surface area contributed by atoms with Gasteiger partial charge in [0.1, 0.15) is 24.9 Å². The van der Waals surface area contributed by atoms with E-state index in [4.69, 9.17) is 37.9 Å². The molecule has 12 heteroatoms. The van der Waals surface area contributed by atoms with Crippen LogP contribution in [0.3, 0.4) is 0 Å². The van der Waals surface area contributed by atoms with Gasteiger partial charge in [0, 0.05) is 40.7 Å². The fourth-order valence-corrected chi connectivity index (χ4v) is 6.27. The lowest BCUT2D eigenvalue weighted by Crippen LogP contribution is -2.69. The Kier molecular flexibility index (Phi) is 10.7. The summed E-state index contributed by atoms with van der Waals surface area (Å²) in [6, 6.07) is 9.56. The normalized spacial score (nSPS) is 33.4. The summed E-state index contributed by atoms with van der Waals surface area (Å²) in [5, 5.41) is 0. The summed E-state index contributed by atoms with van der Waals surface area (Å²) in [4.78, 5) is 34.5. The Morgan fingerprint density at radius 3 is 2.43 bits per heavy atom. The molecule has 0 radical (unpaired) electrons. The van der Waals surface area contributed by atoms with Crippen molar-refractivity contribution in [2.24, 2.45) is 0 Å². The number of ether oxygens (including phenoxy) is 8. The quantitative estimate of drug-likeness (QED) is 0.124. The van der Waals surface area contributed by atoms with E-state index in [1.807, 2.05) is 30.3 Å². The van der Waals surface area contributed by atoms with Crippen LogP contribution in [0, 0.1) is 0 Å². The molecule has 3 fully saturated rings. The Morgan fingerprint density at radius 2 is 1.81 bits per heavy atom. The third-order valence-electron chi connectivity index (χ3n) is 7.61. The summed E-state index contributed by atoms with van der Waals surface area (Å²) in [5.74, 6) is -2.94. The van der Waals surface area contributed by atoms with Crippen LogP contribution in [0.4, 0.5) is 0 Å². The molecule has 9 atom stereocenters. The average molecular weight is 609 g/mol. The van der Waals surface area contributed by atoms with E-state index in [0.717, 1.165) is 5.56 Å². The molecule has 0 bridgehead atoms. The second-order valence-corrected chi connectivity index (χ2v) is 11.7. The Morgan fingerprint density at radius 1 is 1.07 bits per heavy atom. The molecule has 11 nitrogen and oxygen atoms in total. The van der Waals surface area contributed by atoms with E-state index in [0.29, 0.717) is 19.3 Å². The molecule has 0 saturated carbocycles. The van der Waals surface area contributed by atoms with Crippen LogP contribution in [0.25, 0.3) is 0 Å². The minimum atomic E-state index is -1.54. The zero-order valence-corrected chi connectivity index (χ0v) is 25.3. The van der Waals surface area contributed by atoms with E-state index in [-0.39, 0.29) is 25.7 Å². The minimum Gasteiger partial charge on any atom is -0.461 e. The lowest BCUT2D eigenvalue weighted by atomic mass is 9.84. The van der Waals surface area contributed by atoms with Crippen molar-refractivity contribution in [2.45, 2.75) is 107 Å². The number of thiol groups is 1. The number of hydrogen-bond acceptors (Lipinski definition) is 12. The van der Waals surface area contributed by atoms with Crippen molar-refractivity contribution in [2.75, 3.05) is 13.7 Å². The summed E-state index contributed by atoms with van der Waals surface area (Å²) in [6.07, 6.45) is -1.53. The Hall–Kier alpha value is -2.48. The first-order chi connectivity index (χ1) is 20.0. The van der Waals surface area contributed by atoms with Crippen molar-refractivity contribution in [3.8, 4) is 0 Å². The van der Waals surface area contributed by atoms with Crippen molar-refractivity contribution < 1.29 is 52.3 Å². The maximum absolute atomic E-state index is 12.4. The van der Waals surface area contributed by atoms with Crippen LogP contribution >= 0.6 is 12.6 Å². The molecular formula is C30H40O11S. The summed E-state index contributed by atoms with van der Waals surface area (Å²) in [7, 11) is 1.53. The number of rotatable bonds is 12. The smallest absolute Gasteiger partial charge is 0.304 e. The molecule has 4 rings (SSSR count). The van der Waals surface area contributed by atoms with E-state index in [9.17, 15) is 14.4 Å². The highest BCUT2D eigenvalue weighted by atomic mass is 32.1. The van der Waals surface area contributed by atoms with E-state index >= 15 is 0 Å². The van der Waals surface area contributed by atoms with Gasteiger partial charge < -0.3 is 37.9 Å². The Balaban J connectivity index is 1.70.